The van der Waals surface area contributed by atoms with Gasteiger partial charge in [-0.05, 0) is 13.3 Å². The molecule has 106 valence electrons. The average Bonchev–Trinajstić information content (AvgIpc) is 3.11. The molecule has 20 heavy (non-hydrogen) atoms. The van der Waals surface area contributed by atoms with Crippen LogP contribution in [0.4, 0.5) is 5.95 Å². The van der Waals surface area contributed by atoms with Crippen LogP contribution in [0.15, 0.2) is 23.9 Å². The van der Waals surface area contributed by atoms with E-state index in [2.05, 4.69) is 32.2 Å². The highest BCUT2D eigenvalue weighted by Crippen LogP contribution is 2.30. The molecule has 0 spiro atoms. The number of anilines is 1. The van der Waals surface area contributed by atoms with Gasteiger partial charge in [-0.1, -0.05) is 11.8 Å². The smallest absolute Gasteiger partial charge is 0.240 e. The summed E-state index contributed by atoms with van der Waals surface area (Å²) in [6.07, 6.45) is 6.43. The zero-order valence-electron chi connectivity index (χ0n) is 11.4. The third-order valence-corrected chi connectivity index (χ3v) is 4.44. The molecule has 1 fully saturated rings. The highest BCUT2D eigenvalue weighted by atomic mass is 32.2. The first-order chi connectivity index (χ1) is 9.76. The zero-order chi connectivity index (χ0) is 13.9. The van der Waals surface area contributed by atoms with Crippen LogP contribution in [0.3, 0.4) is 0 Å². The molecule has 2 unspecified atom stereocenters. The molecule has 2 atom stereocenters. The Morgan fingerprint density at radius 2 is 2.30 bits per heavy atom. The molecule has 7 nitrogen and oxygen atoms in total. The maximum atomic E-state index is 5.57. The van der Waals surface area contributed by atoms with Crippen LogP contribution < -0.4 is 5.32 Å². The van der Waals surface area contributed by atoms with Crippen molar-refractivity contribution >= 4 is 17.7 Å². The van der Waals surface area contributed by atoms with Gasteiger partial charge in [-0.3, -0.25) is 4.57 Å². The van der Waals surface area contributed by atoms with Gasteiger partial charge < -0.3 is 10.1 Å². The number of nitrogens with zero attached hydrogens (tertiary/aromatic N) is 5. The lowest BCUT2D eigenvalue weighted by molar-refractivity contribution is 0.127. The maximum absolute atomic E-state index is 5.57. The van der Waals surface area contributed by atoms with E-state index in [1.165, 1.54) is 0 Å². The Kier molecular flexibility index (Phi) is 3.83. The van der Waals surface area contributed by atoms with E-state index < -0.39 is 0 Å². The van der Waals surface area contributed by atoms with Crippen molar-refractivity contribution in [2.75, 3.05) is 19.0 Å². The molecule has 8 heteroatoms. The number of aromatic nitrogens is 5. The number of rotatable bonds is 4. The van der Waals surface area contributed by atoms with Gasteiger partial charge in [0.2, 0.25) is 11.9 Å². The second kappa shape index (κ2) is 5.76. The van der Waals surface area contributed by atoms with Crippen LogP contribution in [0.5, 0.6) is 0 Å². The molecule has 3 rings (SSSR count). The quantitative estimate of drug-likeness (QED) is 0.911. The van der Waals surface area contributed by atoms with Gasteiger partial charge in [0.25, 0.3) is 0 Å². The highest BCUT2D eigenvalue weighted by molar-refractivity contribution is 7.99. The van der Waals surface area contributed by atoms with Gasteiger partial charge in [0, 0.05) is 31.3 Å². The Bertz CT molecular complexity index is 575. The minimum absolute atomic E-state index is 0.228. The number of thioether (sulfide) groups is 1. The largest absolute Gasteiger partial charge is 0.377 e. The fraction of sp³-hybridized carbons (Fsp3) is 0.500. The third kappa shape index (κ3) is 2.75. The molecule has 1 saturated heterocycles. The molecule has 3 heterocycles. The van der Waals surface area contributed by atoms with Crippen molar-refractivity contribution in [3.63, 3.8) is 0 Å². The second-order valence-electron chi connectivity index (χ2n) is 4.48. The lowest BCUT2D eigenvalue weighted by Gasteiger charge is -2.13. The Morgan fingerprint density at radius 3 is 2.95 bits per heavy atom. The van der Waals surface area contributed by atoms with Gasteiger partial charge in [0.15, 0.2) is 5.16 Å². The Hall–Kier alpha value is -1.67. The van der Waals surface area contributed by atoms with E-state index in [1.807, 2.05) is 6.20 Å². The standard InChI is InChI=1S/C12H16N6OS/c1-8-9(3-6-19-8)20-12-16-10(13-2)15-11(17-12)18-5-4-14-7-18/h4-5,7-9H,3,6H2,1-2H3,(H,13,15,16,17). The predicted molar refractivity (Wildman–Crippen MR) is 76.2 cm³/mol. The van der Waals surface area contributed by atoms with Crippen molar-refractivity contribution in [2.24, 2.45) is 0 Å². The van der Waals surface area contributed by atoms with Crippen LogP contribution in [0.2, 0.25) is 0 Å². The second-order valence-corrected chi connectivity index (χ2v) is 5.69. The minimum atomic E-state index is 0.228. The summed E-state index contributed by atoms with van der Waals surface area (Å²) in [5, 5.41) is 4.06. The molecule has 0 radical (unpaired) electrons. The van der Waals surface area contributed by atoms with Crippen molar-refractivity contribution in [1.82, 2.24) is 24.5 Å². The van der Waals surface area contributed by atoms with Crippen molar-refractivity contribution in [2.45, 2.75) is 29.9 Å². The van der Waals surface area contributed by atoms with Crippen molar-refractivity contribution in [1.29, 1.82) is 0 Å². The molecule has 1 aliphatic heterocycles. The van der Waals surface area contributed by atoms with Crippen molar-refractivity contribution in [3.8, 4) is 5.95 Å². The van der Waals surface area contributed by atoms with E-state index in [-0.39, 0.29) is 6.10 Å². The molecule has 0 saturated carbocycles. The van der Waals surface area contributed by atoms with Crippen LogP contribution in [0.25, 0.3) is 5.95 Å². The minimum Gasteiger partial charge on any atom is -0.377 e. The lowest BCUT2D eigenvalue weighted by atomic mass is 10.3. The molecule has 1 N–H and O–H groups in total. The summed E-state index contributed by atoms with van der Waals surface area (Å²) in [6.45, 7) is 2.89. The first-order valence-corrected chi connectivity index (χ1v) is 7.34. The van der Waals surface area contributed by atoms with Gasteiger partial charge in [0.05, 0.1) is 6.10 Å². The maximum Gasteiger partial charge on any atom is 0.240 e. The molecule has 0 amide bonds. The number of ether oxygens (including phenoxy) is 1. The van der Waals surface area contributed by atoms with E-state index in [9.17, 15) is 0 Å². The summed E-state index contributed by atoms with van der Waals surface area (Å²) in [5.41, 5.74) is 0. The van der Waals surface area contributed by atoms with E-state index in [0.717, 1.165) is 13.0 Å². The first-order valence-electron chi connectivity index (χ1n) is 6.46. The van der Waals surface area contributed by atoms with Gasteiger partial charge in [-0.25, -0.2) is 4.98 Å². The normalized spacial score (nSPS) is 22.1. The van der Waals surface area contributed by atoms with Crippen LogP contribution in [-0.4, -0.2) is 49.5 Å². The lowest BCUT2D eigenvalue weighted by Crippen LogP contribution is -2.15. The van der Waals surface area contributed by atoms with Gasteiger partial charge in [-0.2, -0.15) is 15.0 Å². The summed E-state index contributed by atoms with van der Waals surface area (Å²) < 4.78 is 7.34. The van der Waals surface area contributed by atoms with Crippen LogP contribution >= 0.6 is 11.8 Å². The van der Waals surface area contributed by atoms with Crippen molar-refractivity contribution in [3.05, 3.63) is 18.7 Å². The fourth-order valence-corrected chi connectivity index (χ4v) is 3.03. The number of hydrogen-bond donors (Lipinski definition) is 1. The van der Waals surface area contributed by atoms with Crippen LogP contribution in [-0.2, 0) is 4.74 Å². The number of nitrogens with one attached hydrogen (secondary N) is 1. The highest BCUT2D eigenvalue weighted by Gasteiger charge is 2.26. The average molecular weight is 292 g/mol. The Morgan fingerprint density at radius 1 is 1.40 bits per heavy atom. The van der Waals surface area contributed by atoms with E-state index >= 15 is 0 Å². The first kappa shape index (κ1) is 13.3. The molecule has 0 bridgehead atoms. The van der Waals surface area contributed by atoms with E-state index in [1.54, 1.807) is 35.9 Å². The number of hydrogen-bond acceptors (Lipinski definition) is 7. The summed E-state index contributed by atoms with van der Waals surface area (Å²) >= 11 is 1.64. The summed E-state index contributed by atoms with van der Waals surface area (Å²) in [7, 11) is 1.79. The molecular formula is C12H16N6OS. The molecule has 2 aromatic rings. The SMILES string of the molecule is CNc1nc(SC2CCOC2C)nc(-n2ccnc2)n1. The molecule has 1 aliphatic rings. The Labute approximate surface area is 121 Å². The van der Waals surface area contributed by atoms with Crippen molar-refractivity contribution < 1.29 is 4.74 Å². The zero-order valence-corrected chi connectivity index (χ0v) is 12.2. The van der Waals surface area contributed by atoms with Crippen LogP contribution in [0.1, 0.15) is 13.3 Å². The Balaban J connectivity index is 1.88. The van der Waals surface area contributed by atoms with E-state index in [4.69, 9.17) is 4.74 Å². The van der Waals surface area contributed by atoms with Gasteiger partial charge in [0.1, 0.15) is 6.33 Å². The molecular weight excluding hydrogens is 276 g/mol. The summed E-state index contributed by atoms with van der Waals surface area (Å²) in [6, 6.07) is 0. The monoisotopic (exact) mass is 292 g/mol. The van der Waals surface area contributed by atoms with Crippen LogP contribution in [0, 0.1) is 0 Å². The topological polar surface area (TPSA) is 77.8 Å². The fourth-order valence-electron chi connectivity index (χ4n) is 2.01. The van der Waals surface area contributed by atoms with Gasteiger partial charge >= 0.3 is 0 Å². The third-order valence-electron chi connectivity index (χ3n) is 3.13. The molecule has 0 aromatic carbocycles. The summed E-state index contributed by atoms with van der Waals surface area (Å²) in [4.78, 5) is 17.2. The molecule has 2 aromatic heterocycles. The van der Waals surface area contributed by atoms with Gasteiger partial charge in [-0.15, -0.1) is 0 Å². The predicted octanol–water partition coefficient (Wildman–Crippen LogP) is 1.37. The number of imidazole rings is 1. The molecule has 0 aliphatic carbocycles. The van der Waals surface area contributed by atoms with E-state index in [0.29, 0.717) is 22.3 Å². The summed E-state index contributed by atoms with van der Waals surface area (Å²) in [5.74, 6) is 1.12.